The fraction of sp³-hybridized carbons (Fsp3) is 0.462. The van der Waals surface area contributed by atoms with Gasteiger partial charge in [0, 0.05) is 11.8 Å². The molecule has 16 heavy (non-hydrogen) atoms. The lowest BCUT2D eigenvalue weighted by Gasteiger charge is -2.22. The van der Waals surface area contributed by atoms with Crippen molar-refractivity contribution < 1.29 is 9.22 Å². The van der Waals surface area contributed by atoms with Crippen molar-refractivity contribution in [3.63, 3.8) is 0 Å². The van der Waals surface area contributed by atoms with Crippen LogP contribution in [0.15, 0.2) is 29.3 Å². The van der Waals surface area contributed by atoms with Gasteiger partial charge in [-0.3, -0.25) is 4.99 Å². The van der Waals surface area contributed by atoms with E-state index in [0.29, 0.717) is 0 Å². The molecule has 3 heteroatoms. The molecule has 0 aromatic heterocycles. The van der Waals surface area contributed by atoms with E-state index in [2.05, 4.69) is 26.1 Å². The SMILES string of the molecule is COc1ccccc1C=NCC[N+](C)(C)C. The minimum Gasteiger partial charge on any atom is -0.496 e. The van der Waals surface area contributed by atoms with Gasteiger partial charge in [0.15, 0.2) is 0 Å². The molecule has 0 saturated heterocycles. The summed E-state index contributed by atoms with van der Waals surface area (Å²) in [6.45, 7) is 1.87. The van der Waals surface area contributed by atoms with Gasteiger partial charge in [-0.25, -0.2) is 0 Å². The van der Waals surface area contributed by atoms with E-state index in [-0.39, 0.29) is 0 Å². The van der Waals surface area contributed by atoms with Crippen LogP contribution < -0.4 is 4.74 Å². The number of aliphatic imine (C=N–C) groups is 1. The Labute approximate surface area is 98.0 Å². The summed E-state index contributed by atoms with van der Waals surface area (Å²) in [6, 6.07) is 7.90. The van der Waals surface area contributed by atoms with Crippen molar-refractivity contribution in [2.24, 2.45) is 4.99 Å². The fourth-order valence-electron chi connectivity index (χ4n) is 1.29. The summed E-state index contributed by atoms with van der Waals surface area (Å²) >= 11 is 0. The lowest BCUT2D eigenvalue weighted by Crippen LogP contribution is -2.36. The molecule has 0 unspecified atom stereocenters. The van der Waals surface area contributed by atoms with Crippen LogP contribution in [0.4, 0.5) is 0 Å². The molecule has 1 aromatic carbocycles. The molecule has 0 fully saturated rings. The van der Waals surface area contributed by atoms with E-state index in [4.69, 9.17) is 4.74 Å². The minimum atomic E-state index is 0.835. The number of hydrogen-bond acceptors (Lipinski definition) is 2. The van der Waals surface area contributed by atoms with Crippen LogP contribution in [0.3, 0.4) is 0 Å². The van der Waals surface area contributed by atoms with E-state index in [1.807, 2.05) is 30.5 Å². The normalized spacial score (nSPS) is 12.0. The lowest BCUT2D eigenvalue weighted by molar-refractivity contribution is -0.868. The van der Waals surface area contributed by atoms with Crippen LogP contribution in [-0.4, -0.2) is 52.0 Å². The number of hydrogen-bond donors (Lipinski definition) is 0. The van der Waals surface area contributed by atoms with Crippen molar-refractivity contribution >= 4 is 6.21 Å². The first-order chi connectivity index (χ1) is 7.53. The molecule has 0 spiro atoms. The van der Waals surface area contributed by atoms with Crippen LogP contribution in [0.5, 0.6) is 5.75 Å². The molecule has 0 heterocycles. The molecule has 88 valence electrons. The van der Waals surface area contributed by atoms with Crippen molar-refractivity contribution in [1.29, 1.82) is 0 Å². The molecule has 0 bridgehead atoms. The number of rotatable bonds is 5. The van der Waals surface area contributed by atoms with Crippen LogP contribution in [0, 0.1) is 0 Å². The maximum Gasteiger partial charge on any atom is 0.127 e. The van der Waals surface area contributed by atoms with Gasteiger partial charge in [0.1, 0.15) is 5.75 Å². The van der Waals surface area contributed by atoms with Crippen molar-refractivity contribution in [3.05, 3.63) is 29.8 Å². The number of ether oxygens (including phenoxy) is 1. The molecule has 3 nitrogen and oxygen atoms in total. The van der Waals surface area contributed by atoms with Crippen molar-refractivity contribution in [2.45, 2.75) is 0 Å². The second-order valence-corrected chi connectivity index (χ2v) is 4.79. The molecule has 0 radical (unpaired) electrons. The Hall–Kier alpha value is -1.35. The summed E-state index contributed by atoms with van der Waals surface area (Å²) in [7, 11) is 8.18. The maximum absolute atomic E-state index is 5.25. The van der Waals surface area contributed by atoms with E-state index in [0.717, 1.165) is 28.9 Å². The van der Waals surface area contributed by atoms with Gasteiger partial charge in [0.05, 0.1) is 41.3 Å². The third-order valence-corrected chi connectivity index (χ3v) is 2.27. The monoisotopic (exact) mass is 221 g/mol. The highest BCUT2D eigenvalue weighted by molar-refractivity contribution is 5.83. The van der Waals surface area contributed by atoms with Gasteiger partial charge in [0.2, 0.25) is 0 Å². The number of quaternary nitrogens is 1. The van der Waals surface area contributed by atoms with Gasteiger partial charge in [-0.05, 0) is 12.1 Å². The lowest BCUT2D eigenvalue weighted by atomic mass is 10.2. The van der Waals surface area contributed by atoms with Crippen LogP contribution in [-0.2, 0) is 0 Å². The molecular weight excluding hydrogens is 200 g/mol. The second kappa shape index (κ2) is 5.66. The van der Waals surface area contributed by atoms with Crippen LogP contribution in [0.1, 0.15) is 5.56 Å². The van der Waals surface area contributed by atoms with Crippen molar-refractivity contribution in [1.82, 2.24) is 0 Å². The molecule has 0 atom stereocenters. The average Bonchev–Trinajstić information content (AvgIpc) is 2.23. The molecular formula is C13H21N2O+. The highest BCUT2D eigenvalue weighted by atomic mass is 16.5. The molecule has 1 aromatic rings. The summed E-state index contributed by atoms with van der Waals surface area (Å²) in [4.78, 5) is 4.41. The average molecular weight is 221 g/mol. The molecule has 0 aliphatic carbocycles. The molecule has 0 saturated carbocycles. The zero-order chi connectivity index (χ0) is 12.0. The predicted octanol–water partition coefficient (Wildman–Crippen LogP) is 1.82. The van der Waals surface area contributed by atoms with Gasteiger partial charge in [-0.15, -0.1) is 0 Å². The first-order valence-electron chi connectivity index (χ1n) is 5.46. The fourth-order valence-corrected chi connectivity index (χ4v) is 1.29. The van der Waals surface area contributed by atoms with E-state index in [9.17, 15) is 0 Å². The van der Waals surface area contributed by atoms with Gasteiger partial charge >= 0.3 is 0 Å². The van der Waals surface area contributed by atoms with Crippen LogP contribution >= 0.6 is 0 Å². The van der Waals surface area contributed by atoms with Crippen LogP contribution in [0.25, 0.3) is 0 Å². The molecule has 1 rings (SSSR count). The molecule has 0 aliphatic heterocycles. The second-order valence-electron chi connectivity index (χ2n) is 4.79. The summed E-state index contributed by atoms with van der Waals surface area (Å²) in [5.41, 5.74) is 1.03. The molecule has 0 aliphatic rings. The Balaban J connectivity index is 2.56. The molecule has 0 N–H and O–H groups in total. The first kappa shape index (κ1) is 12.7. The van der Waals surface area contributed by atoms with E-state index < -0.39 is 0 Å². The van der Waals surface area contributed by atoms with Crippen LogP contribution in [0.2, 0.25) is 0 Å². The number of methoxy groups -OCH3 is 1. The van der Waals surface area contributed by atoms with Gasteiger partial charge in [0.25, 0.3) is 0 Å². The third kappa shape index (κ3) is 4.45. The summed E-state index contributed by atoms with van der Waals surface area (Å²) < 4.78 is 6.18. The number of nitrogens with zero attached hydrogens (tertiary/aromatic N) is 2. The summed E-state index contributed by atoms with van der Waals surface area (Å²) in [5, 5.41) is 0. The number of benzene rings is 1. The van der Waals surface area contributed by atoms with E-state index in [1.54, 1.807) is 7.11 Å². The van der Waals surface area contributed by atoms with Crippen molar-refractivity contribution in [2.75, 3.05) is 41.3 Å². The first-order valence-corrected chi connectivity index (χ1v) is 5.46. The molecule has 0 amide bonds. The largest absolute Gasteiger partial charge is 0.496 e. The quantitative estimate of drug-likeness (QED) is 0.549. The number of para-hydroxylation sites is 1. The zero-order valence-corrected chi connectivity index (χ0v) is 10.6. The zero-order valence-electron chi connectivity index (χ0n) is 10.6. The topological polar surface area (TPSA) is 21.6 Å². The number of likely N-dealkylation sites (N-methyl/N-ethyl adjacent to an activating group) is 1. The minimum absolute atomic E-state index is 0.835. The highest BCUT2D eigenvalue weighted by Crippen LogP contribution is 2.14. The van der Waals surface area contributed by atoms with E-state index >= 15 is 0 Å². The third-order valence-electron chi connectivity index (χ3n) is 2.27. The van der Waals surface area contributed by atoms with Gasteiger partial charge < -0.3 is 9.22 Å². The Morgan fingerprint density at radius 1 is 1.25 bits per heavy atom. The summed E-state index contributed by atoms with van der Waals surface area (Å²) in [6.07, 6.45) is 1.88. The van der Waals surface area contributed by atoms with Crippen molar-refractivity contribution in [3.8, 4) is 5.75 Å². The van der Waals surface area contributed by atoms with Gasteiger partial charge in [-0.2, -0.15) is 0 Å². The Kier molecular flexibility index (Phi) is 4.50. The highest BCUT2D eigenvalue weighted by Gasteiger charge is 2.04. The standard InChI is InChI=1S/C13H21N2O/c1-15(2,3)10-9-14-11-12-7-5-6-8-13(12)16-4/h5-8,11H,9-10H2,1-4H3/q+1. The Morgan fingerprint density at radius 2 is 1.94 bits per heavy atom. The predicted molar refractivity (Wildman–Crippen MR) is 68.4 cm³/mol. The maximum atomic E-state index is 5.25. The smallest absolute Gasteiger partial charge is 0.127 e. The summed E-state index contributed by atoms with van der Waals surface area (Å²) in [5.74, 6) is 0.872. The Bertz CT molecular complexity index is 353. The Morgan fingerprint density at radius 3 is 2.56 bits per heavy atom. The van der Waals surface area contributed by atoms with E-state index in [1.165, 1.54) is 0 Å². The van der Waals surface area contributed by atoms with Gasteiger partial charge in [-0.1, -0.05) is 12.1 Å².